The van der Waals surface area contributed by atoms with E-state index in [-0.39, 0.29) is 33.4 Å². The molecule has 0 aromatic heterocycles. The number of benzene rings is 6. The molecule has 6 aromatic carbocycles. The second-order valence-electron chi connectivity index (χ2n) is 15.9. The van der Waals surface area contributed by atoms with E-state index >= 15 is 0 Å². The SMILES string of the molecule is O=C(OCC1O[C@@H](Br)C(=O)[C@@H](O[C@@H]2OC(COC(=O)c3ccccc3)[C@H](OC(=O)c3ccccc3)[C@H](OC(=O)c3ccccc3)C2OC(=O)c2ccccc2)[C@H]1OC(=O)c1ccccc1)c1ccccc1. The molecule has 0 amide bonds. The molecule has 2 aliphatic heterocycles. The summed E-state index contributed by atoms with van der Waals surface area (Å²) in [5.74, 6) is -6.30. The van der Waals surface area contributed by atoms with Crippen LogP contribution >= 0.6 is 15.9 Å². The van der Waals surface area contributed by atoms with Crippen molar-refractivity contribution in [2.45, 2.75) is 54.0 Å². The van der Waals surface area contributed by atoms with Crippen molar-refractivity contribution in [2.75, 3.05) is 13.2 Å². The predicted octanol–water partition coefficient (Wildman–Crippen LogP) is 7.40. The number of hydrogen-bond acceptors (Lipinski definition) is 16. The van der Waals surface area contributed by atoms with Crippen molar-refractivity contribution < 1.29 is 76.2 Å². The van der Waals surface area contributed by atoms with E-state index in [9.17, 15) is 33.6 Å². The molecule has 3 unspecified atom stereocenters. The van der Waals surface area contributed by atoms with Crippen molar-refractivity contribution in [1.82, 2.24) is 0 Å². The summed E-state index contributed by atoms with van der Waals surface area (Å²) < 4.78 is 54.9. The summed E-state index contributed by atoms with van der Waals surface area (Å²) in [5, 5.41) is -1.48. The van der Waals surface area contributed by atoms with E-state index in [0.717, 1.165) is 0 Å². The largest absolute Gasteiger partial charge is 0.459 e. The number of hydrogen-bond donors (Lipinski definition) is 0. The zero-order valence-electron chi connectivity index (χ0n) is 37.3. The summed E-state index contributed by atoms with van der Waals surface area (Å²) >= 11 is 3.24. The smallest absolute Gasteiger partial charge is 0.338 e. The normalized spacial score (nSPS) is 22.7. The fraction of sp³-hybridized carbons (Fsp3) is 0.204. The van der Waals surface area contributed by atoms with Gasteiger partial charge < -0.3 is 42.6 Å². The highest BCUT2D eigenvalue weighted by molar-refractivity contribution is 9.09. The van der Waals surface area contributed by atoms with Crippen LogP contribution in [-0.4, -0.2) is 109 Å². The topological polar surface area (TPSA) is 203 Å². The average Bonchev–Trinajstić information content (AvgIpc) is 3.42. The molecule has 17 heteroatoms. The summed E-state index contributed by atoms with van der Waals surface area (Å²) in [6, 6.07) is 47.0. The highest BCUT2D eigenvalue weighted by atomic mass is 79.9. The first-order chi connectivity index (χ1) is 34.5. The minimum absolute atomic E-state index is 0.0220. The Morgan fingerprint density at radius 3 is 1.04 bits per heavy atom. The van der Waals surface area contributed by atoms with Gasteiger partial charge in [-0.1, -0.05) is 109 Å². The van der Waals surface area contributed by atoms with E-state index in [1.807, 2.05) is 0 Å². The van der Waals surface area contributed by atoms with E-state index in [1.165, 1.54) is 72.8 Å². The molecule has 0 spiro atoms. The van der Waals surface area contributed by atoms with Crippen LogP contribution in [0.5, 0.6) is 0 Å². The van der Waals surface area contributed by atoms with Crippen molar-refractivity contribution in [2.24, 2.45) is 0 Å². The van der Waals surface area contributed by atoms with Crippen LogP contribution in [0.1, 0.15) is 62.1 Å². The molecular weight excluding hydrogens is 984 g/mol. The summed E-state index contributed by atoms with van der Waals surface area (Å²) in [5.41, 5.74) is 0.529. The van der Waals surface area contributed by atoms with Gasteiger partial charge in [-0.3, -0.25) is 4.79 Å². The third-order valence-electron chi connectivity index (χ3n) is 11.1. The fourth-order valence-electron chi connectivity index (χ4n) is 7.56. The van der Waals surface area contributed by atoms with Crippen molar-refractivity contribution in [3.63, 3.8) is 0 Å². The molecular formula is C54H43BrO16. The van der Waals surface area contributed by atoms with Crippen LogP contribution in [0, 0.1) is 0 Å². The quantitative estimate of drug-likeness (QED) is 0.0527. The monoisotopic (exact) mass is 1030 g/mol. The lowest BCUT2D eigenvalue weighted by Crippen LogP contribution is -2.66. The zero-order valence-corrected chi connectivity index (χ0v) is 38.9. The second-order valence-corrected chi connectivity index (χ2v) is 16.7. The highest BCUT2D eigenvalue weighted by Gasteiger charge is 2.57. The maximum Gasteiger partial charge on any atom is 0.338 e. The van der Waals surface area contributed by atoms with Crippen molar-refractivity contribution >= 4 is 57.5 Å². The molecule has 2 saturated heterocycles. The van der Waals surface area contributed by atoms with Crippen LogP contribution in [0.25, 0.3) is 0 Å². The number of ether oxygens (including phenoxy) is 9. The van der Waals surface area contributed by atoms with Gasteiger partial charge >= 0.3 is 35.8 Å². The molecule has 9 atom stereocenters. The molecule has 6 aromatic rings. The van der Waals surface area contributed by atoms with E-state index in [0.29, 0.717) is 0 Å². The van der Waals surface area contributed by atoms with E-state index < -0.39 is 109 Å². The van der Waals surface area contributed by atoms with Crippen LogP contribution < -0.4 is 0 Å². The number of ketones is 1. The van der Waals surface area contributed by atoms with E-state index in [2.05, 4.69) is 15.9 Å². The minimum atomic E-state index is -2.00. The number of esters is 6. The first kappa shape index (κ1) is 49.6. The van der Waals surface area contributed by atoms with Gasteiger partial charge in [-0.2, -0.15) is 0 Å². The maximum absolute atomic E-state index is 14.5. The van der Waals surface area contributed by atoms with Crippen molar-refractivity contribution in [3.8, 4) is 0 Å². The minimum Gasteiger partial charge on any atom is -0.459 e. The lowest BCUT2D eigenvalue weighted by Gasteiger charge is -2.46. The summed E-state index contributed by atoms with van der Waals surface area (Å²) in [7, 11) is 0. The van der Waals surface area contributed by atoms with Gasteiger partial charge in [0, 0.05) is 0 Å². The maximum atomic E-state index is 14.5. The molecule has 2 heterocycles. The first-order valence-electron chi connectivity index (χ1n) is 22.2. The molecule has 0 bridgehead atoms. The molecule has 0 saturated carbocycles. The van der Waals surface area contributed by atoms with Gasteiger partial charge in [0.25, 0.3) is 0 Å². The van der Waals surface area contributed by atoms with Gasteiger partial charge in [0.15, 0.2) is 41.8 Å². The Hall–Kier alpha value is -7.83. The third kappa shape index (κ3) is 12.5. The summed E-state index contributed by atoms with van der Waals surface area (Å²) in [6.07, 6.45) is -14.2. The molecule has 0 N–H and O–H groups in total. The van der Waals surface area contributed by atoms with Crippen LogP contribution in [-0.2, 0) is 47.4 Å². The van der Waals surface area contributed by atoms with Gasteiger partial charge in [0.05, 0.1) is 33.4 Å². The Balaban J connectivity index is 1.22. The molecule has 0 radical (unpaired) electrons. The Labute approximate surface area is 414 Å². The highest BCUT2D eigenvalue weighted by Crippen LogP contribution is 2.35. The fourth-order valence-corrected chi connectivity index (χ4v) is 8.10. The molecule has 362 valence electrons. The van der Waals surface area contributed by atoms with Crippen LogP contribution in [0.3, 0.4) is 0 Å². The number of Topliss-reactive ketones (excluding diaryl/α,β-unsaturated/α-hetero) is 1. The number of carbonyl (C=O) groups is 7. The number of carbonyl (C=O) groups excluding carboxylic acids is 7. The standard InChI is InChI=1S/C54H43BrO16/c55-47-41(56)44(42(67-50(59)35-23-11-3-12-24-35)39(65-47)31-63-48(57)33-19-7-1-8-20-33)71-54-46(70-53(62)38-29-17-6-18-30-38)45(69-52(61)37-27-15-5-16-28-37)43(68-51(60)36-25-13-4-14-26-36)40(66-54)32-64-49(58)34-21-9-2-10-22-34/h1-30,39-40,42-47,54H,31-32H2/t39?,40?,42-,43-,44+,45-,46?,47+,54-/m0/s1. The Morgan fingerprint density at radius 1 is 0.380 bits per heavy atom. The summed E-state index contributed by atoms with van der Waals surface area (Å²) in [4.78, 5) is 97.5. The Morgan fingerprint density at radius 2 is 0.676 bits per heavy atom. The third-order valence-corrected chi connectivity index (χ3v) is 11.8. The van der Waals surface area contributed by atoms with Gasteiger partial charge in [-0.25, -0.2) is 28.8 Å². The predicted molar refractivity (Wildman–Crippen MR) is 252 cm³/mol. The van der Waals surface area contributed by atoms with Gasteiger partial charge in [0.2, 0.25) is 5.78 Å². The number of rotatable bonds is 16. The molecule has 16 nitrogen and oxygen atoms in total. The Bertz CT molecular complexity index is 2780. The van der Waals surface area contributed by atoms with Crippen LogP contribution in [0.4, 0.5) is 0 Å². The van der Waals surface area contributed by atoms with Crippen molar-refractivity contribution in [1.29, 1.82) is 0 Å². The zero-order chi connectivity index (χ0) is 49.7. The number of alkyl halides is 1. The van der Waals surface area contributed by atoms with Gasteiger partial charge in [-0.15, -0.1) is 0 Å². The summed E-state index contributed by atoms with van der Waals surface area (Å²) in [6.45, 7) is -1.28. The Kier molecular flexibility index (Phi) is 16.5. The van der Waals surface area contributed by atoms with Gasteiger partial charge in [0.1, 0.15) is 25.4 Å². The molecule has 8 rings (SSSR count). The van der Waals surface area contributed by atoms with Gasteiger partial charge in [-0.05, 0) is 88.7 Å². The molecule has 2 fully saturated rings. The first-order valence-corrected chi connectivity index (χ1v) is 23.1. The van der Waals surface area contributed by atoms with E-state index in [4.69, 9.17) is 42.6 Å². The van der Waals surface area contributed by atoms with E-state index in [1.54, 1.807) is 109 Å². The van der Waals surface area contributed by atoms with Crippen LogP contribution in [0.15, 0.2) is 182 Å². The lowest BCUT2D eigenvalue weighted by atomic mass is 9.96. The number of halogens is 1. The molecule has 71 heavy (non-hydrogen) atoms. The van der Waals surface area contributed by atoms with Crippen molar-refractivity contribution in [3.05, 3.63) is 215 Å². The molecule has 0 aliphatic carbocycles. The average molecular weight is 1030 g/mol. The lowest BCUT2D eigenvalue weighted by molar-refractivity contribution is -0.316. The van der Waals surface area contributed by atoms with Crippen LogP contribution in [0.2, 0.25) is 0 Å². The molecule has 2 aliphatic rings. The second kappa shape index (κ2) is 23.7.